The van der Waals surface area contributed by atoms with Crippen LogP contribution in [-0.4, -0.2) is 59.7 Å². The summed E-state index contributed by atoms with van der Waals surface area (Å²) in [4.78, 5) is 29.1. The number of hydrogen-bond acceptors (Lipinski definition) is 7. The topological polar surface area (TPSA) is 109 Å². The Morgan fingerprint density at radius 1 is 1.15 bits per heavy atom. The third-order valence-electron chi connectivity index (χ3n) is 7.39. The van der Waals surface area contributed by atoms with E-state index in [-0.39, 0.29) is 11.9 Å². The number of carbonyl (C=O) groups excluding carboxylic acids is 1. The van der Waals surface area contributed by atoms with Gasteiger partial charge in [0, 0.05) is 48.3 Å². The van der Waals surface area contributed by atoms with Gasteiger partial charge in [-0.2, -0.15) is 0 Å². The van der Waals surface area contributed by atoms with Gasteiger partial charge in [0.25, 0.3) is 5.91 Å². The van der Waals surface area contributed by atoms with Crippen molar-refractivity contribution in [2.24, 2.45) is 10.7 Å². The summed E-state index contributed by atoms with van der Waals surface area (Å²) in [6.07, 6.45) is 5.90. The van der Waals surface area contributed by atoms with Gasteiger partial charge in [-0.15, -0.1) is 0 Å². The van der Waals surface area contributed by atoms with Crippen LogP contribution in [-0.2, 0) is 12.8 Å². The van der Waals surface area contributed by atoms with Gasteiger partial charge >= 0.3 is 0 Å². The fourth-order valence-electron chi connectivity index (χ4n) is 5.10. The maximum atomic E-state index is 12.8. The van der Waals surface area contributed by atoms with Crippen molar-refractivity contribution in [3.05, 3.63) is 87.8 Å². The van der Waals surface area contributed by atoms with Gasteiger partial charge in [0.1, 0.15) is 0 Å². The van der Waals surface area contributed by atoms with Crippen molar-refractivity contribution in [3.8, 4) is 0 Å². The molecule has 39 heavy (non-hydrogen) atoms. The summed E-state index contributed by atoms with van der Waals surface area (Å²) < 4.78 is 0. The molecular formula is C30H34ClN7O. The van der Waals surface area contributed by atoms with E-state index < -0.39 is 0 Å². The number of fused-ring (bicyclic) bond motifs is 1. The number of piperidine rings is 1. The molecule has 8 nitrogen and oxygen atoms in total. The molecule has 3 aromatic rings. The number of anilines is 2. The van der Waals surface area contributed by atoms with Gasteiger partial charge in [-0.3, -0.25) is 9.79 Å². The molecule has 1 aliphatic carbocycles. The first-order valence-electron chi connectivity index (χ1n) is 13.3. The lowest BCUT2D eigenvalue weighted by Crippen LogP contribution is -2.43. The lowest BCUT2D eigenvalue weighted by molar-refractivity contribution is 0.0917. The molecule has 9 heteroatoms. The van der Waals surface area contributed by atoms with Crippen molar-refractivity contribution in [1.29, 1.82) is 0 Å². The fourth-order valence-corrected chi connectivity index (χ4v) is 5.33. The Balaban J connectivity index is 1.34. The number of aromatic nitrogens is 2. The zero-order chi connectivity index (χ0) is 27.4. The van der Waals surface area contributed by atoms with E-state index in [9.17, 15) is 4.79 Å². The molecule has 1 aromatic heterocycles. The SMILES string of the molecule is CN=C(Cc1ccccc1)C1=C(N)CCc2cnc(Nc3ccc(C(=O)NC4CCN(C)CC4)cc3Cl)nc21. The lowest BCUT2D eigenvalue weighted by atomic mass is 9.88. The van der Waals surface area contributed by atoms with Crippen LogP contribution in [0.15, 0.2) is 65.4 Å². The molecule has 0 unspecified atom stereocenters. The third kappa shape index (κ3) is 6.29. The predicted octanol–water partition coefficient (Wildman–Crippen LogP) is 4.63. The summed E-state index contributed by atoms with van der Waals surface area (Å²) in [5.41, 5.74) is 13.2. The van der Waals surface area contributed by atoms with E-state index in [1.54, 1.807) is 25.2 Å². The molecular weight excluding hydrogens is 510 g/mol. The van der Waals surface area contributed by atoms with E-state index >= 15 is 0 Å². The molecule has 202 valence electrons. The van der Waals surface area contributed by atoms with Crippen LogP contribution in [0.1, 0.15) is 46.4 Å². The molecule has 0 radical (unpaired) electrons. The first-order chi connectivity index (χ1) is 18.9. The van der Waals surface area contributed by atoms with Crippen LogP contribution in [0.5, 0.6) is 0 Å². The molecule has 1 fully saturated rings. The van der Waals surface area contributed by atoms with Gasteiger partial charge in [-0.25, -0.2) is 9.97 Å². The highest BCUT2D eigenvalue weighted by atomic mass is 35.5. The van der Waals surface area contributed by atoms with Crippen LogP contribution >= 0.6 is 11.6 Å². The van der Waals surface area contributed by atoms with E-state index in [4.69, 9.17) is 22.3 Å². The molecule has 2 aliphatic rings. The number of hydrogen-bond donors (Lipinski definition) is 3. The van der Waals surface area contributed by atoms with Gasteiger partial charge in [0.05, 0.1) is 16.4 Å². The highest BCUT2D eigenvalue weighted by Crippen LogP contribution is 2.32. The van der Waals surface area contributed by atoms with Crippen LogP contribution in [0.4, 0.5) is 11.6 Å². The molecule has 2 heterocycles. The standard InChI is InChI=1S/C30H34ClN7O/c1-33-26(16-19-6-4-3-5-7-19)27-24(32)10-8-21-18-34-30(37-28(21)27)36-25-11-9-20(17-23(25)31)29(39)35-22-12-14-38(2)15-13-22/h3-7,9,11,17-18,22H,8,10,12-16,32H2,1-2H3,(H,35,39)(H,34,36,37). The Hall–Kier alpha value is -3.75. The number of nitrogens with one attached hydrogen (secondary N) is 2. The maximum Gasteiger partial charge on any atom is 0.251 e. The number of halogens is 1. The van der Waals surface area contributed by atoms with Crippen LogP contribution in [0.2, 0.25) is 5.02 Å². The second kappa shape index (κ2) is 12.0. The molecule has 2 aromatic carbocycles. The van der Waals surface area contributed by atoms with E-state index in [1.165, 1.54) is 0 Å². The number of benzene rings is 2. The summed E-state index contributed by atoms with van der Waals surface area (Å²) in [6.45, 7) is 1.96. The number of allylic oxidation sites excluding steroid dienone is 2. The molecule has 0 saturated carbocycles. The van der Waals surface area contributed by atoms with Crippen LogP contribution in [0.3, 0.4) is 0 Å². The average molecular weight is 544 g/mol. The molecule has 1 aliphatic heterocycles. The average Bonchev–Trinajstić information content (AvgIpc) is 2.95. The zero-order valence-electron chi connectivity index (χ0n) is 22.4. The fraction of sp³-hybridized carbons (Fsp3) is 0.333. The Bertz CT molecular complexity index is 1410. The summed E-state index contributed by atoms with van der Waals surface area (Å²) in [7, 11) is 3.89. The van der Waals surface area contributed by atoms with E-state index in [1.807, 2.05) is 24.4 Å². The normalized spacial score (nSPS) is 16.6. The number of nitrogens with zero attached hydrogens (tertiary/aromatic N) is 4. The van der Waals surface area contributed by atoms with Gasteiger partial charge < -0.3 is 21.3 Å². The summed E-state index contributed by atoms with van der Waals surface area (Å²) in [5, 5.41) is 6.77. The van der Waals surface area contributed by atoms with Crippen molar-refractivity contribution < 1.29 is 4.79 Å². The van der Waals surface area contributed by atoms with Crippen molar-refractivity contribution in [2.45, 2.75) is 38.1 Å². The minimum Gasteiger partial charge on any atom is -0.401 e. The predicted molar refractivity (Wildman–Crippen MR) is 158 cm³/mol. The molecule has 0 atom stereocenters. The smallest absolute Gasteiger partial charge is 0.251 e. The van der Waals surface area contributed by atoms with Crippen LogP contribution < -0.4 is 16.4 Å². The Morgan fingerprint density at radius 2 is 1.92 bits per heavy atom. The zero-order valence-corrected chi connectivity index (χ0v) is 23.1. The second-order valence-corrected chi connectivity index (χ2v) is 10.6. The number of amides is 1. The first kappa shape index (κ1) is 26.8. The molecule has 1 saturated heterocycles. The first-order valence-corrected chi connectivity index (χ1v) is 13.7. The molecule has 0 bridgehead atoms. The Morgan fingerprint density at radius 3 is 2.64 bits per heavy atom. The molecule has 4 N–H and O–H groups in total. The van der Waals surface area contributed by atoms with E-state index in [0.717, 1.165) is 72.6 Å². The quantitative estimate of drug-likeness (QED) is 0.375. The highest BCUT2D eigenvalue weighted by Gasteiger charge is 2.24. The summed E-state index contributed by atoms with van der Waals surface area (Å²) in [5.74, 6) is 0.291. The van der Waals surface area contributed by atoms with Crippen LogP contribution in [0, 0.1) is 0 Å². The van der Waals surface area contributed by atoms with Crippen molar-refractivity contribution in [1.82, 2.24) is 20.2 Å². The lowest BCUT2D eigenvalue weighted by Gasteiger charge is -2.29. The van der Waals surface area contributed by atoms with E-state index in [2.05, 4.69) is 44.7 Å². The summed E-state index contributed by atoms with van der Waals surface area (Å²) >= 11 is 6.59. The van der Waals surface area contributed by atoms with Crippen molar-refractivity contribution >= 4 is 40.4 Å². The number of aliphatic imine (C=N–C) groups is 1. The van der Waals surface area contributed by atoms with Gasteiger partial charge in [-0.05, 0) is 75.1 Å². The summed E-state index contributed by atoms with van der Waals surface area (Å²) in [6, 6.07) is 15.6. The van der Waals surface area contributed by atoms with Gasteiger partial charge in [0.15, 0.2) is 0 Å². The number of likely N-dealkylation sites (tertiary alicyclic amines) is 1. The Kier molecular flexibility index (Phi) is 8.24. The van der Waals surface area contributed by atoms with Crippen molar-refractivity contribution in [3.63, 3.8) is 0 Å². The minimum atomic E-state index is -0.113. The monoisotopic (exact) mass is 543 g/mol. The highest BCUT2D eigenvalue weighted by molar-refractivity contribution is 6.33. The number of carbonyl (C=O) groups is 1. The number of rotatable bonds is 7. The van der Waals surface area contributed by atoms with Gasteiger partial charge in [0.2, 0.25) is 5.95 Å². The Labute approximate surface area is 234 Å². The maximum absolute atomic E-state index is 12.8. The van der Waals surface area contributed by atoms with Crippen LogP contribution in [0.25, 0.3) is 5.57 Å². The molecule has 1 amide bonds. The molecule has 5 rings (SSSR count). The number of nitrogens with two attached hydrogens (primary N) is 1. The second-order valence-electron chi connectivity index (χ2n) is 10.2. The largest absolute Gasteiger partial charge is 0.401 e. The van der Waals surface area contributed by atoms with Crippen molar-refractivity contribution in [2.75, 3.05) is 32.5 Å². The number of aryl methyl sites for hydroxylation is 1. The molecule has 0 spiro atoms. The van der Waals surface area contributed by atoms with E-state index in [0.29, 0.717) is 28.6 Å². The third-order valence-corrected chi connectivity index (χ3v) is 7.70. The van der Waals surface area contributed by atoms with Gasteiger partial charge in [-0.1, -0.05) is 41.9 Å². The minimum absolute atomic E-state index is 0.113.